The Bertz CT molecular complexity index is 521. The van der Waals surface area contributed by atoms with Gasteiger partial charge in [0.15, 0.2) is 11.5 Å². The largest absolute Gasteiger partial charge is 0.493 e. The summed E-state index contributed by atoms with van der Waals surface area (Å²) < 4.78 is 16.5. The van der Waals surface area contributed by atoms with E-state index >= 15 is 0 Å². The van der Waals surface area contributed by atoms with E-state index in [1.54, 1.807) is 26.2 Å². The molecule has 1 fully saturated rings. The van der Waals surface area contributed by atoms with Crippen LogP contribution >= 0.6 is 12.4 Å². The highest BCUT2D eigenvalue weighted by atomic mass is 35.5. The second kappa shape index (κ2) is 9.71. The molecule has 0 bridgehead atoms. The van der Waals surface area contributed by atoms with Crippen molar-refractivity contribution in [1.29, 1.82) is 0 Å². The second-order valence-electron chi connectivity index (χ2n) is 5.67. The number of benzene rings is 1. The summed E-state index contributed by atoms with van der Waals surface area (Å²) in [6, 6.07) is 7.48. The van der Waals surface area contributed by atoms with Gasteiger partial charge in [0.25, 0.3) is 5.91 Å². The van der Waals surface area contributed by atoms with Gasteiger partial charge in [-0.2, -0.15) is 0 Å². The number of halogens is 1. The number of nitrogens with one attached hydrogen (secondary N) is 1. The van der Waals surface area contributed by atoms with Crippen molar-refractivity contribution < 1.29 is 19.0 Å². The van der Waals surface area contributed by atoms with Crippen LogP contribution in [0.1, 0.15) is 12.8 Å². The highest BCUT2D eigenvalue weighted by Gasteiger charge is 2.41. The normalized spacial score (nSPS) is 16.0. The van der Waals surface area contributed by atoms with Crippen LogP contribution in [0.3, 0.4) is 0 Å². The highest BCUT2D eigenvalue weighted by Crippen LogP contribution is 2.26. The molecule has 0 radical (unpaired) electrons. The molecule has 0 atom stereocenters. The predicted molar refractivity (Wildman–Crippen MR) is 95.2 cm³/mol. The van der Waals surface area contributed by atoms with Gasteiger partial charge in [0, 0.05) is 14.2 Å². The zero-order chi connectivity index (χ0) is 16.7. The Hall–Kier alpha value is -1.50. The van der Waals surface area contributed by atoms with E-state index in [-0.39, 0.29) is 18.3 Å². The van der Waals surface area contributed by atoms with Gasteiger partial charge in [0.1, 0.15) is 12.2 Å². The standard InChI is InChI=1S/C17H26N2O4.ClH/c1-19(16(20)17(22-3)8-10-18-11-9-17)12-13-23-15-7-5-4-6-14(15)21-2;/h4-7,18H,8-13H2,1-3H3;1H. The zero-order valence-electron chi connectivity index (χ0n) is 14.5. The quantitative estimate of drug-likeness (QED) is 0.804. The molecule has 136 valence electrons. The zero-order valence-corrected chi connectivity index (χ0v) is 15.4. The lowest BCUT2D eigenvalue weighted by molar-refractivity contribution is -0.157. The van der Waals surface area contributed by atoms with E-state index in [1.807, 2.05) is 24.3 Å². The fraction of sp³-hybridized carbons (Fsp3) is 0.588. The van der Waals surface area contributed by atoms with Crippen LogP contribution in [0.25, 0.3) is 0 Å². The Balaban J connectivity index is 0.00000288. The molecular formula is C17H27ClN2O4. The van der Waals surface area contributed by atoms with Crippen molar-refractivity contribution in [2.45, 2.75) is 18.4 Å². The second-order valence-corrected chi connectivity index (χ2v) is 5.67. The molecule has 1 saturated heterocycles. The molecule has 1 N–H and O–H groups in total. The fourth-order valence-electron chi connectivity index (χ4n) is 2.82. The van der Waals surface area contributed by atoms with Crippen LogP contribution in [-0.4, -0.2) is 63.9 Å². The predicted octanol–water partition coefficient (Wildman–Crippen LogP) is 1.72. The number of para-hydroxylation sites is 2. The molecule has 0 aliphatic carbocycles. The van der Waals surface area contributed by atoms with Crippen LogP contribution < -0.4 is 14.8 Å². The van der Waals surface area contributed by atoms with E-state index in [2.05, 4.69) is 5.32 Å². The Morgan fingerprint density at radius 2 is 1.83 bits per heavy atom. The molecule has 1 heterocycles. The van der Waals surface area contributed by atoms with Crippen molar-refractivity contribution in [3.63, 3.8) is 0 Å². The van der Waals surface area contributed by atoms with Crippen molar-refractivity contribution in [1.82, 2.24) is 10.2 Å². The van der Waals surface area contributed by atoms with Gasteiger partial charge >= 0.3 is 0 Å². The number of amides is 1. The molecule has 1 aromatic carbocycles. The van der Waals surface area contributed by atoms with Crippen LogP contribution in [0.15, 0.2) is 24.3 Å². The molecule has 1 amide bonds. The van der Waals surface area contributed by atoms with Crippen molar-refractivity contribution in [3.8, 4) is 11.5 Å². The molecule has 0 spiro atoms. The molecule has 1 aromatic rings. The van der Waals surface area contributed by atoms with Gasteiger partial charge < -0.3 is 24.4 Å². The Kier molecular flexibility index (Phi) is 8.31. The van der Waals surface area contributed by atoms with E-state index < -0.39 is 5.60 Å². The summed E-state index contributed by atoms with van der Waals surface area (Å²) in [5.74, 6) is 1.39. The molecule has 2 rings (SSSR count). The maximum Gasteiger partial charge on any atom is 0.254 e. The summed E-state index contributed by atoms with van der Waals surface area (Å²) in [5, 5.41) is 3.26. The number of methoxy groups -OCH3 is 2. The third-order valence-electron chi connectivity index (χ3n) is 4.29. The molecule has 7 heteroatoms. The van der Waals surface area contributed by atoms with Crippen LogP contribution in [0.5, 0.6) is 11.5 Å². The average molecular weight is 359 g/mol. The summed E-state index contributed by atoms with van der Waals surface area (Å²) in [6.07, 6.45) is 1.39. The topological polar surface area (TPSA) is 60.0 Å². The Morgan fingerprint density at radius 1 is 1.21 bits per heavy atom. The summed E-state index contributed by atoms with van der Waals surface area (Å²) in [6.45, 7) is 2.49. The van der Waals surface area contributed by atoms with E-state index in [0.717, 1.165) is 13.1 Å². The van der Waals surface area contributed by atoms with Crippen LogP contribution in [-0.2, 0) is 9.53 Å². The molecule has 0 saturated carbocycles. The van der Waals surface area contributed by atoms with Gasteiger partial charge in [0.2, 0.25) is 0 Å². The number of carbonyl (C=O) groups is 1. The number of likely N-dealkylation sites (N-methyl/N-ethyl adjacent to an activating group) is 1. The number of nitrogens with zero attached hydrogens (tertiary/aromatic N) is 1. The highest BCUT2D eigenvalue weighted by molar-refractivity contribution is 5.85. The summed E-state index contributed by atoms with van der Waals surface area (Å²) in [7, 11) is 5.01. The van der Waals surface area contributed by atoms with E-state index in [9.17, 15) is 4.79 Å². The number of hydrogen-bond acceptors (Lipinski definition) is 5. The maximum absolute atomic E-state index is 12.7. The van der Waals surface area contributed by atoms with Crippen molar-refractivity contribution in [2.24, 2.45) is 0 Å². The lowest BCUT2D eigenvalue weighted by Crippen LogP contribution is -2.55. The number of piperidine rings is 1. The van der Waals surface area contributed by atoms with Gasteiger partial charge in [-0.05, 0) is 38.1 Å². The molecule has 1 aliphatic heterocycles. The summed E-state index contributed by atoms with van der Waals surface area (Å²) in [4.78, 5) is 14.4. The number of hydrogen-bond donors (Lipinski definition) is 1. The first-order chi connectivity index (χ1) is 11.1. The molecule has 24 heavy (non-hydrogen) atoms. The summed E-state index contributed by atoms with van der Waals surface area (Å²) >= 11 is 0. The fourth-order valence-corrected chi connectivity index (χ4v) is 2.82. The van der Waals surface area contributed by atoms with E-state index in [4.69, 9.17) is 14.2 Å². The van der Waals surface area contributed by atoms with Crippen LogP contribution in [0.2, 0.25) is 0 Å². The smallest absolute Gasteiger partial charge is 0.254 e. The Morgan fingerprint density at radius 3 is 2.42 bits per heavy atom. The molecule has 0 aromatic heterocycles. The maximum atomic E-state index is 12.7. The first-order valence-electron chi connectivity index (χ1n) is 7.90. The minimum Gasteiger partial charge on any atom is -0.493 e. The monoisotopic (exact) mass is 358 g/mol. The Labute approximate surface area is 149 Å². The van der Waals surface area contributed by atoms with Gasteiger partial charge in [-0.3, -0.25) is 4.79 Å². The lowest BCUT2D eigenvalue weighted by atomic mass is 9.90. The SMILES string of the molecule is COc1ccccc1OCCN(C)C(=O)C1(OC)CCNCC1.Cl. The average Bonchev–Trinajstić information content (AvgIpc) is 2.61. The van der Waals surface area contributed by atoms with Crippen molar-refractivity contribution in [2.75, 3.05) is 47.5 Å². The van der Waals surface area contributed by atoms with Gasteiger partial charge in [-0.1, -0.05) is 12.1 Å². The number of carbonyl (C=O) groups excluding carboxylic acids is 1. The van der Waals surface area contributed by atoms with Crippen LogP contribution in [0.4, 0.5) is 0 Å². The third kappa shape index (κ3) is 4.75. The first kappa shape index (κ1) is 20.5. The minimum absolute atomic E-state index is 0. The number of rotatable bonds is 7. The van der Waals surface area contributed by atoms with E-state index in [1.165, 1.54) is 0 Å². The lowest BCUT2D eigenvalue weighted by Gasteiger charge is -2.37. The molecule has 6 nitrogen and oxygen atoms in total. The third-order valence-corrected chi connectivity index (χ3v) is 4.29. The van der Waals surface area contributed by atoms with Crippen LogP contribution in [0, 0.1) is 0 Å². The van der Waals surface area contributed by atoms with Gasteiger partial charge in [0.05, 0.1) is 13.7 Å². The summed E-state index contributed by atoms with van der Waals surface area (Å²) in [5.41, 5.74) is -0.704. The van der Waals surface area contributed by atoms with Crippen molar-refractivity contribution >= 4 is 18.3 Å². The van der Waals surface area contributed by atoms with E-state index in [0.29, 0.717) is 37.5 Å². The molecular weight excluding hydrogens is 332 g/mol. The van der Waals surface area contributed by atoms with Crippen molar-refractivity contribution in [3.05, 3.63) is 24.3 Å². The van der Waals surface area contributed by atoms with Gasteiger partial charge in [-0.15, -0.1) is 12.4 Å². The molecule has 1 aliphatic rings. The minimum atomic E-state index is -0.704. The van der Waals surface area contributed by atoms with Gasteiger partial charge in [-0.25, -0.2) is 0 Å². The molecule has 0 unspecified atom stereocenters. The number of ether oxygens (including phenoxy) is 3. The first-order valence-corrected chi connectivity index (χ1v) is 7.90.